The summed E-state index contributed by atoms with van der Waals surface area (Å²) in [6.07, 6.45) is 1.20. The lowest BCUT2D eigenvalue weighted by Gasteiger charge is -2.49. The van der Waals surface area contributed by atoms with Crippen molar-refractivity contribution in [3.63, 3.8) is 0 Å². The van der Waals surface area contributed by atoms with Gasteiger partial charge in [0, 0.05) is 36.5 Å². The van der Waals surface area contributed by atoms with E-state index in [1.807, 2.05) is 32.9 Å². The Morgan fingerprint density at radius 3 is 2.78 bits per heavy atom. The highest BCUT2D eigenvalue weighted by Gasteiger charge is 2.44. The Morgan fingerprint density at radius 1 is 1.19 bits per heavy atom. The van der Waals surface area contributed by atoms with E-state index in [2.05, 4.69) is 25.4 Å². The van der Waals surface area contributed by atoms with Crippen LogP contribution in [0.1, 0.15) is 42.4 Å². The zero-order valence-electron chi connectivity index (χ0n) is 20.5. The molecule has 1 aromatic carbocycles. The van der Waals surface area contributed by atoms with Gasteiger partial charge in [0.1, 0.15) is 17.0 Å². The molecule has 3 aromatic rings. The second-order valence-corrected chi connectivity index (χ2v) is 9.71. The van der Waals surface area contributed by atoms with E-state index in [-0.39, 0.29) is 11.6 Å². The first-order chi connectivity index (χ1) is 17.0. The maximum atomic E-state index is 13.6. The maximum absolute atomic E-state index is 13.6. The lowest BCUT2D eigenvalue weighted by atomic mass is 9.94. The number of benzene rings is 1. The van der Waals surface area contributed by atoms with E-state index in [0.717, 1.165) is 36.3 Å². The smallest absolute Gasteiger partial charge is 0.286 e. The number of nitrogens with zero attached hydrogens (tertiary/aromatic N) is 4. The zero-order valence-corrected chi connectivity index (χ0v) is 20.5. The second kappa shape index (κ2) is 8.77. The number of hydrogen-bond donors (Lipinski definition) is 1. The third-order valence-corrected chi connectivity index (χ3v) is 6.58. The van der Waals surface area contributed by atoms with Crippen molar-refractivity contribution in [2.45, 2.75) is 45.3 Å². The van der Waals surface area contributed by atoms with Crippen LogP contribution in [-0.4, -0.2) is 52.5 Å². The Hall–Kier alpha value is -3.66. The summed E-state index contributed by atoms with van der Waals surface area (Å²) in [5.41, 5.74) is 2.87. The number of ether oxygens (including phenoxy) is 2. The molecule has 1 saturated heterocycles. The summed E-state index contributed by atoms with van der Waals surface area (Å²) in [6, 6.07) is 9.90. The highest BCUT2D eigenvalue weighted by molar-refractivity contribution is 6.04. The number of halogens is 2. The largest absolute Gasteiger partial charge is 0.467 e. The molecule has 0 bridgehead atoms. The Morgan fingerprint density at radius 2 is 2.00 bits per heavy atom. The molecule has 36 heavy (non-hydrogen) atoms. The van der Waals surface area contributed by atoms with Gasteiger partial charge in [0.25, 0.3) is 17.7 Å². The molecule has 0 aliphatic carbocycles. The first-order valence-electron chi connectivity index (χ1n) is 11.7. The van der Waals surface area contributed by atoms with E-state index < -0.39 is 23.1 Å². The number of carbonyl (C=O) groups excluding carboxylic acids is 1. The molecule has 2 aliphatic heterocycles. The fourth-order valence-electron chi connectivity index (χ4n) is 4.56. The minimum Gasteiger partial charge on any atom is -0.467 e. The van der Waals surface area contributed by atoms with Crippen LogP contribution in [0.2, 0.25) is 0 Å². The van der Waals surface area contributed by atoms with Crippen LogP contribution >= 0.6 is 0 Å². The van der Waals surface area contributed by atoms with E-state index >= 15 is 0 Å². The van der Waals surface area contributed by atoms with Crippen molar-refractivity contribution in [2.24, 2.45) is 0 Å². The number of nitrogens with one attached hydrogen (secondary N) is 1. The monoisotopic (exact) mass is 495 g/mol. The number of aromatic nitrogens is 3. The van der Waals surface area contributed by atoms with Crippen molar-refractivity contribution >= 4 is 17.3 Å². The fraction of sp³-hybridized carbons (Fsp3) is 0.385. The number of morpholine rings is 1. The molecule has 2 aliphatic rings. The third-order valence-electron chi connectivity index (χ3n) is 6.58. The molecule has 4 heterocycles. The summed E-state index contributed by atoms with van der Waals surface area (Å²) < 4.78 is 39.2. The molecule has 2 aromatic heterocycles. The molecule has 1 atom stereocenters. The van der Waals surface area contributed by atoms with Gasteiger partial charge < -0.3 is 19.7 Å². The third kappa shape index (κ3) is 4.48. The minimum absolute atomic E-state index is 0.0447. The van der Waals surface area contributed by atoms with E-state index in [9.17, 15) is 13.6 Å². The first-order valence-corrected chi connectivity index (χ1v) is 11.7. The predicted molar refractivity (Wildman–Crippen MR) is 131 cm³/mol. The zero-order chi connectivity index (χ0) is 25.7. The van der Waals surface area contributed by atoms with Crippen LogP contribution in [0.4, 0.5) is 20.2 Å². The molecule has 0 saturated carbocycles. The van der Waals surface area contributed by atoms with Crippen LogP contribution in [-0.2, 0) is 10.7 Å². The molecule has 0 spiro atoms. The van der Waals surface area contributed by atoms with Crippen LogP contribution in [0.15, 0.2) is 42.6 Å². The van der Waals surface area contributed by atoms with Crippen molar-refractivity contribution in [3.05, 3.63) is 59.4 Å². The molecule has 5 rings (SSSR count). The van der Waals surface area contributed by atoms with Gasteiger partial charge in [0.2, 0.25) is 0 Å². The number of carbonyl (C=O) groups is 1. The molecule has 188 valence electrons. The summed E-state index contributed by atoms with van der Waals surface area (Å²) in [5, 5.41) is 11.6. The molecular formula is C26H27F2N5O3. The average Bonchev–Trinajstić information content (AvgIpc) is 2.84. The lowest BCUT2D eigenvalue weighted by Crippen LogP contribution is -2.61. The van der Waals surface area contributed by atoms with Gasteiger partial charge >= 0.3 is 0 Å². The molecule has 1 N–H and O–H groups in total. The van der Waals surface area contributed by atoms with E-state index in [4.69, 9.17) is 9.47 Å². The summed E-state index contributed by atoms with van der Waals surface area (Å²) in [7, 11) is 0. The molecule has 1 amide bonds. The number of amides is 1. The number of hydrogen-bond acceptors (Lipinski definition) is 7. The predicted octanol–water partition coefficient (Wildman–Crippen LogP) is 4.59. The Kier molecular flexibility index (Phi) is 5.86. The van der Waals surface area contributed by atoms with Gasteiger partial charge in [-0.15, -0.1) is 10.2 Å². The Bertz CT molecular complexity index is 1330. The van der Waals surface area contributed by atoms with Crippen molar-refractivity contribution in [3.8, 4) is 17.1 Å². The van der Waals surface area contributed by atoms with Gasteiger partial charge in [-0.3, -0.25) is 9.78 Å². The number of aryl methyl sites for hydroxylation is 1. The van der Waals surface area contributed by atoms with Crippen molar-refractivity contribution in [1.82, 2.24) is 15.2 Å². The summed E-state index contributed by atoms with van der Waals surface area (Å²) in [5.74, 6) is -3.18. The topological polar surface area (TPSA) is 89.5 Å². The van der Waals surface area contributed by atoms with Gasteiger partial charge in [-0.2, -0.15) is 8.78 Å². The van der Waals surface area contributed by atoms with Crippen molar-refractivity contribution < 1.29 is 23.0 Å². The van der Waals surface area contributed by atoms with Crippen LogP contribution < -0.4 is 15.0 Å². The molecule has 0 unspecified atom stereocenters. The minimum atomic E-state index is -3.14. The fourth-order valence-corrected chi connectivity index (χ4v) is 4.56. The van der Waals surface area contributed by atoms with Gasteiger partial charge in [-0.1, -0.05) is 6.07 Å². The standard InChI is InChI=1S/C26H27F2N5O3/c1-15-5-6-17(30-23(34)16-7-8-29-21(11-16)26(4,27)28)12-18(15)19-13-20-24(32-31-19)36-25(2,3)22-14-35-10-9-33(20)22/h5-8,11-13,22H,9-10,14H2,1-4H3,(H,30,34)/t22-/m1/s1. The Balaban J connectivity index is 1.44. The van der Waals surface area contributed by atoms with Crippen molar-refractivity contribution in [1.29, 1.82) is 0 Å². The van der Waals surface area contributed by atoms with Gasteiger partial charge in [-0.25, -0.2) is 0 Å². The second-order valence-electron chi connectivity index (χ2n) is 9.71. The summed E-state index contributed by atoms with van der Waals surface area (Å²) in [6.45, 7) is 8.61. The first kappa shape index (κ1) is 24.1. The van der Waals surface area contributed by atoms with Crippen LogP contribution in [0.25, 0.3) is 11.3 Å². The molecule has 10 heteroatoms. The van der Waals surface area contributed by atoms with E-state index in [1.54, 1.807) is 12.1 Å². The van der Waals surface area contributed by atoms with Crippen LogP contribution in [0.3, 0.4) is 0 Å². The highest BCUT2D eigenvalue weighted by Crippen LogP contribution is 2.41. The number of alkyl halides is 2. The number of anilines is 2. The van der Waals surface area contributed by atoms with Gasteiger partial charge in [0.15, 0.2) is 0 Å². The van der Waals surface area contributed by atoms with Crippen LogP contribution in [0, 0.1) is 6.92 Å². The average molecular weight is 496 g/mol. The molecule has 1 fully saturated rings. The number of fused-ring (bicyclic) bond motifs is 3. The molecule has 0 radical (unpaired) electrons. The lowest BCUT2D eigenvalue weighted by molar-refractivity contribution is -0.0106. The Labute approximate surface area is 207 Å². The summed E-state index contributed by atoms with van der Waals surface area (Å²) >= 11 is 0. The highest BCUT2D eigenvalue weighted by atomic mass is 19.3. The van der Waals surface area contributed by atoms with E-state index in [0.29, 0.717) is 30.5 Å². The summed E-state index contributed by atoms with van der Waals surface area (Å²) in [4.78, 5) is 18.7. The number of rotatable bonds is 4. The maximum Gasteiger partial charge on any atom is 0.286 e. The van der Waals surface area contributed by atoms with Crippen molar-refractivity contribution in [2.75, 3.05) is 30.0 Å². The van der Waals surface area contributed by atoms with E-state index in [1.165, 1.54) is 12.3 Å². The van der Waals surface area contributed by atoms with Gasteiger partial charge in [0.05, 0.1) is 24.9 Å². The SMILES string of the molecule is Cc1ccc(NC(=O)c2ccnc(C(C)(F)F)c2)cc1-c1cc2c(nn1)OC(C)(C)[C@H]1COCCN21. The molecular weight excluding hydrogens is 468 g/mol. The van der Waals surface area contributed by atoms with Crippen LogP contribution in [0.5, 0.6) is 5.88 Å². The van der Waals surface area contributed by atoms with Gasteiger partial charge in [-0.05, 0) is 56.7 Å². The number of pyridine rings is 1. The normalized spacial score (nSPS) is 18.6. The molecule has 8 nitrogen and oxygen atoms in total. The quantitative estimate of drug-likeness (QED) is 0.566.